The predicted molar refractivity (Wildman–Crippen MR) is 90.6 cm³/mol. The van der Waals surface area contributed by atoms with Gasteiger partial charge >= 0.3 is 5.97 Å². The van der Waals surface area contributed by atoms with E-state index in [1.54, 1.807) is 6.08 Å². The molecule has 0 bridgehead atoms. The average Bonchev–Trinajstić information content (AvgIpc) is 2.42. The molecule has 1 unspecified atom stereocenters. The number of hydrogen-bond donors (Lipinski definition) is 1. The molecule has 21 heavy (non-hydrogen) atoms. The molecule has 0 spiro atoms. The van der Waals surface area contributed by atoms with E-state index < -0.39 is 14.2 Å². The maximum Gasteiger partial charge on any atom is 0.305 e. The van der Waals surface area contributed by atoms with Crippen molar-refractivity contribution >= 4 is 14.0 Å². The molecule has 0 fully saturated rings. The molecule has 0 aliphatic rings. The molecule has 0 heterocycles. The number of hydrogen-bond acceptors (Lipinski definition) is 3. The summed E-state index contributed by atoms with van der Waals surface area (Å²) in [6, 6.07) is 0. The number of aliphatic hydroxyl groups is 1. The molecule has 3 nitrogen and oxygen atoms in total. The van der Waals surface area contributed by atoms with Gasteiger partial charge in [0.05, 0.1) is 7.11 Å². The Morgan fingerprint density at radius 1 is 1.19 bits per heavy atom. The molecule has 0 saturated heterocycles. The van der Waals surface area contributed by atoms with Crippen LogP contribution in [0.4, 0.5) is 0 Å². The van der Waals surface area contributed by atoms with Gasteiger partial charge in [0, 0.05) is 6.42 Å². The summed E-state index contributed by atoms with van der Waals surface area (Å²) in [6.07, 6.45) is 10.1. The van der Waals surface area contributed by atoms with Crippen LogP contribution in [0.15, 0.2) is 12.2 Å². The van der Waals surface area contributed by atoms with E-state index in [4.69, 9.17) is 0 Å². The molecule has 1 N–H and O–H groups in total. The molecule has 0 saturated carbocycles. The second kappa shape index (κ2) is 11.6. The Kier molecular flexibility index (Phi) is 11.0. The minimum absolute atomic E-state index is 0.119. The van der Waals surface area contributed by atoms with Gasteiger partial charge in [0.25, 0.3) is 0 Å². The van der Waals surface area contributed by atoms with Crippen molar-refractivity contribution in [2.24, 2.45) is 0 Å². The third-order valence-electron chi connectivity index (χ3n) is 2.89. The molecule has 1 atom stereocenters. The van der Waals surface area contributed by atoms with E-state index in [-0.39, 0.29) is 5.97 Å². The van der Waals surface area contributed by atoms with Crippen LogP contribution in [0.3, 0.4) is 0 Å². The summed E-state index contributed by atoms with van der Waals surface area (Å²) in [5.74, 6) is 2.78. The van der Waals surface area contributed by atoms with Crippen LogP contribution in [-0.4, -0.2) is 32.4 Å². The van der Waals surface area contributed by atoms with Gasteiger partial charge in [-0.1, -0.05) is 50.9 Å². The van der Waals surface area contributed by atoms with Gasteiger partial charge in [-0.2, -0.15) is 0 Å². The van der Waals surface area contributed by atoms with E-state index in [0.717, 1.165) is 38.5 Å². The van der Waals surface area contributed by atoms with Gasteiger partial charge in [0.2, 0.25) is 0 Å². The number of unbranched alkanes of at least 4 members (excludes halogenated alkanes) is 5. The highest BCUT2D eigenvalue weighted by Gasteiger charge is 2.07. The number of allylic oxidation sites excluding steroid dienone is 1. The Morgan fingerprint density at radius 3 is 2.43 bits per heavy atom. The summed E-state index contributed by atoms with van der Waals surface area (Å²) < 4.78 is 4.59. The molecule has 0 aliphatic heterocycles. The number of aliphatic hydroxyl groups excluding tert-OH is 1. The highest BCUT2D eigenvalue weighted by Crippen LogP contribution is 2.08. The van der Waals surface area contributed by atoms with E-state index in [1.807, 2.05) is 6.08 Å². The fraction of sp³-hybridized carbons (Fsp3) is 0.706. The average molecular weight is 311 g/mol. The third-order valence-corrected chi connectivity index (χ3v) is 3.79. The topological polar surface area (TPSA) is 46.5 Å². The van der Waals surface area contributed by atoms with Crippen molar-refractivity contribution < 1.29 is 14.6 Å². The van der Waals surface area contributed by atoms with Crippen molar-refractivity contribution in [2.75, 3.05) is 7.11 Å². The minimum atomic E-state index is -1.39. The molecular weight excluding hydrogens is 280 g/mol. The second-order valence-electron chi connectivity index (χ2n) is 6.27. The van der Waals surface area contributed by atoms with Crippen LogP contribution in [0.5, 0.6) is 0 Å². The number of ether oxygens (including phenoxy) is 1. The van der Waals surface area contributed by atoms with Crippen LogP contribution in [0.1, 0.15) is 44.9 Å². The molecule has 120 valence electrons. The first-order chi connectivity index (χ1) is 9.85. The van der Waals surface area contributed by atoms with Crippen LogP contribution in [0.2, 0.25) is 19.6 Å². The molecule has 0 aromatic rings. The van der Waals surface area contributed by atoms with Crippen molar-refractivity contribution in [2.45, 2.75) is 70.7 Å². The third kappa shape index (κ3) is 15.2. The predicted octanol–water partition coefficient (Wildman–Crippen LogP) is 3.69. The number of methoxy groups -OCH3 is 1. The molecule has 0 amide bonds. The number of carbonyl (C=O) groups is 1. The second-order valence-corrected chi connectivity index (χ2v) is 11.0. The van der Waals surface area contributed by atoms with Crippen LogP contribution in [-0.2, 0) is 9.53 Å². The monoisotopic (exact) mass is 310 g/mol. The van der Waals surface area contributed by atoms with Crippen LogP contribution >= 0.6 is 0 Å². The lowest BCUT2D eigenvalue weighted by atomic mass is 10.1. The normalized spacial score (nSPS) is 12.8. The molecule has 0 radical (unpaired) electrons. The van der Waals surface area contributed by atoms with E-state index in [1.165, 1.54) is 7.11 Å². The first-order valence-electron chi connectivity index (χ1n) is 7.79. The summed E-state index contributed by atoms with van der Waals surface area (Å²) in [7, 11) is 0.0358. The van der Waals surface area contributed by atoms with Gasteiger partial charge in [-0.3, -0.25) is 4.79 Å². The van der Waals surface area contributed by atoms with E-state index in [2.05, 4.69) is 35.8 Å². The highest BCUT2D eigenvalue weighted by atomic mass is 28.3. The Bertz CT molecular complexity index is 372. The molecule has 0 aromatic heterocycles. The van der Waals surface area contributed by atoms with Crippen LogP contribution < -0.4 is 0 Å². The molecule has 0 aliphatic carbocycles. The SMILES string of the molecule is COC(=O)CCCCCCC/C=C\C(O)C#C[Si](C)(C)C. The lowest BCUT2D eigenvalue weighted by Crippen LogP contribution is -2.17. The largest absolute Gasteiger partial charge is 0.469 e. The maximum absolute atomic E-state index is 10.9. The standard InChI is InChI=1S/C17H30O3Si/c1-20-17(19)13-11-9-7-5-6-8-10-12-16(18)14-15-21(2,3)4/h10,12,16,18H,5-9,11,13H2,1-4H3/b12-10-. The van der Waals surface area contributed by atoms with Gasteiger partial charge < -0.3 is 9.84 Å². The Morgan fingerprint density at radius 2 is 1.81 bits per heavy atom. The summed E-state index contributed by atoms with van der Waals surface area (Å²) in [5, 5.41) is 9.68. The van der Waals surface area contributed by atoms with Gasteiger partial charge in [-0.05, 0) is 25.3 Å². The summed E-state index contributed by atoms with van der Waals surface area (Å²) in [5.41, 5.74) is 3.16. The summed E-state index contributed by atoms with van der Waals surface area (Å²) in [6.45, 7) is 6.49. The Hall–Kier alpha value is -1.05. The lowest BCUT2D eigenvalue weighted by Gasteiger charge is -2.04. The lowest BCUT2D eigenvalue weighted by molar-refractivity contribution is -0.140. The summed E-state index contributed by atoms with van der Waals surface area (Å²) in [4.78, 5) is 10.9. The Labute approximate surface area is 130 Å². The smallest absolute Gasteiger partial charge is 0.305 e. The van der Waals surface area contributed by atoms with Crippen LogP contribution in [0, 0.1) is 11.5 Å². The highest BCUT2D eigenvalue weighted by molar-refractivity contribution is 6.83. The van der Waals surface area contributed by atoms with Gasteiger partial charge in [-0.25, -0.2) is 0 Å². The van der Waals surface area contributed by atoms with Crippen LogP contribution in [0.25, 0.3) is 0 Å². The van der Waals surface area contributed by atoms with Crippen molar-refractivity contribution in [1.82, 2.24) is 0 Å². The van der Waals surface area contributed by atoms with Crippen molar-refractivity contribution in [1.29, 1.82) is 0 Å². The molecule has 0 aromatic carbocycles. The van der Waals surface area contributed by atoms with E-state index in [0.29, 0.717) is 6.42 Å². The number of rotatable bonds is 9. The fourth-order valence-electron chi connectivity index (χ4n) is 1.73. The molecular formula is C17H30O3Si. The maximum atomic E-state index is 10.9. The molecule has 0 rings (SSSR count). The zero-order chi connectivity index (χ0) is 16.1. The van der Waals surface area contributed by atoms with Gasteiger partial charge in [-0.15, -0.1) is 5.54 Å². The molecule has 4 heteroatoms. The van der Waals surface area contributed by atoms with Crippen molar-refractivity contribution in [3.05, 3.63) is 12.2 Å². The zero-order valence-electron chi connectivity index (χ0n) is 13.9. The zero-order valence-corrected chi connectivity index (χ0v) is 14.9. The number of carbonyl (C=O) groups excluding carboxylic acids is 1. The fourth-order valence-corrected chi connectivity index (χ4v) is 2.31. The first-order valence-corrected chi connectivity index (χ1v) is 11.3. The van der Waals surface area contributed by atoms with Crippen molar-refractivity contribution in [3.8, 4) is 11.5 Å². The summed E-state index contributed by atoms with van der Waals surface area (Å²) >= 11 is 0. The first kappa shape index (κ1) is 19.9. The van der Waals surface area contributed by atoms with E-state index in [9.17, 15) is 9.90 Å². The van der Waals surface area contributed by atoms with Gasteiger partial charge in [0.15, 0.2) is 0 Å². The van der Waals surface area contributed by atoms with Crippen molar-refractivity contribution in [3.63, 3.8) is 0 Å². The van der Waals surface area contributed by atoms with E-state index >= 15 is 0 Å². The number of esters is 1. The minimum Gasteiger partial charge on any atom is -0.469 e. The van der Waals surface area contributed by atoms with Gasteiger partial charge in [0.1, 0.15) is 14.2 Å². The Balaban J connectivity index is 3.56. The quantitative estimate of drug-likeness (QED) is 0.232.